The van der Waals surface area contributed by atoms with Gasteiger partial charge in [-0.2, -0.15) is 0 Å². The number of benzene rings is 2. The average Bonchev–Trinajstić information content (AvgIpc) is 2.77. The highest BCUT2D eigenvalue weighted by Crippen LogP contribution is 2.24. The molecule has 0 radical (unpaired) electrons. The molecule has 31 heavy (non-hydrogen) atoms. The molecule has 2 amide bonds. The molecule has 0 aliphatic carbocycles. The van der Waals surface area contributed by atoms with Crippen molar-refractivity contribution in [2.24, 2.45) is 0 Å². The number of piperazine rings is 1. The lowest BCUT2D eigenvalue weighted by Crippen LogP contribution is -2.49. The normalized spacial score (nSPS) is 15.9. The van der Waals surface area contributed by atoms with Crippen LogP contribution in [0.4, 0.5) is 5.69 Å². The second-order valence-electron chi connectivity index (χ2n) is 8.09. The smallest absolute Gasteiger partial charge is 0.313 e. The molecule has 0 saturated carbocycles. The molecule has 0 spiro atoms. The Hall–Kier alpha value is -2.90. The molecule has 1 aliphatic rings. The molecule has 1 fully saturated rings. The van der Waals surface area contributed by atoms with Crippen molar-refractivity contribution in [2.75, 3.05) is 52.2 Å². The Kier molecular flexibility index (Phi) is 7.65. The van der Waals surface area contributed by atoms with Gasteiger partial charge in [0.2, 0.25) is 0 Å². The fourth-order valence-electron chi connectivity index (χ4n) is 3.69. The Morgan fingerprint density at radius 3 is 2.26 bits per heavy atom. The zero-order chi connectivity index (χ0) is 22.4. The minimum absolute atomic E-state index is 0.0158. The molecule has 0 bridgehead atoms. The quantitative estimate of drug-likeness (QED) is 0.697. The summed E-state index contributed by atoms with van der Waals surface area (Å²) in [6, 6.07) is 13.5. The van der Waals surface area contributed by atoms with E-state index in [1.54, 1.807) is 13.2 Å². The van der Waals surface area contributed by atoms with Crippen LogP contribution in [0.2, 0.25) is 0 Å². The minimum Gasteiger partial charge on any atom is -0.497 e. The van der Waals surface area contributed by atoms with Gasteiger partial charge in [-0.15, -0.1) is 0 Å². The molecule has 7 nitrogen and oxygen atoms in total. The summed E-state index contributed by atoms with van der Waals surface area (Å²) in [5.41, 5.74) is 3.90. The van der Waals surface area contributed by atoms with E-state index >= 15 is 0 Å². The number of carbonyl (C=O) groups excluding carboxylic acids is 2. The molecule has 1 atom stereocenters. The van der Waals surface area contributed by atoms with E-state index in [4.69, 9.17) is 4.74 Å². The number of carbonyl (C=O) groups is 2. The SMILES string of the molecule is COc1ccc([C@H](CNC(=O)C(=O)Nc2ccc(C)c(C)c2)N2CCN(C)CC2)cc1. The minimum atomic E-state index is -0.657. The third kappa shape index (κ3) is 6.06. The van der Waals surface area contributed by atoms with Crippen molar-refractivity contribution in [3.8, 4) is 5.75 Å². The van der Waals surface area contributed by atoms with Crippen molar-refractivity contribution in [3.05, 3.63) is 59.2 Å². The largest absolute Gasteiger partial charge is 0.497 e. The van der Waals surface area contributed by atoms with Gasteiger partial charge in [-0.3, -0.25) is 14.5 Å². The van der Waals surface area contributed by atoms with Gasteiger partial charge in [0.1, 0.15) is 5.75 Å². The second-order valence-corrected chi connectivity index (χ2v) is 8.09. The van der Waals surface area contributed by atoms with E-state index in [9.17, 15) is 9.59 Å². The topological polar surface area (TPSA) is 73.9 Å². The van der Waals surface area contributed by atoms with E-state index in [0.29, 0.717) is 12.2 Å². The van der Waals surface area contributed by atoms with Crippen LogP contribution in [-0.4, -0.2) is 68.5 Å². The molecular formula is C24H32N4O3. The summed E-state index contributed by atoms with van der Waals surface area (Å²) in [6.45, 7) is 8.07. The number of nitrogens with zero attached hydrogens (tertiary/aromatic N) is 2. The predicted molar refractivity (Wildman–Crippen MR) is 122 cm³/mol. The number of anilines is 1. The summed E-state index contributed by atoms with van der Waals surface area (Å²) >= 11 is 0. The highest BCUT2D eigenvalue weighted by Gasteiger charge is 2.25. The number of likely N-dealkylation sites (N-methyl/N-ethyl adjacent to an activating group) is 1. The zero-order valence-corrected chi connectivity index (χ0v) is 18.8. The third-order valence-corrected chi connectivity index (χ3v) is 5.91. The molecule has 0 unspecified atom stereocenters. The molecule has 0 aromatic heterocycles. The van der Waals surface area contributed by atoms with Crippen LogP contribution in [0.1, 0.15) is 22.7 Å². The lowest BCUT2D eigenvalue weighted by molar-refractivity contribution is -0.136. The van der Waals surface area contributed by atoms with Gasteiger partial charge in [-0.05, 0) is 61.9 Å². The Balaban J connectivity index is 1.66. The standard InChI is InChI=1S/C24H32N4O3/c1-17-5-8-20(15-18(17)2)26-24(30)23(29)25-16-22(28-13-11-27(3)12-14-28)19-6-9-21(31-4)10-7-19/h5-10,15,22H,11-14,16H2,1-4H3,(H,25,29)(H,26,30)/t22-/m0/s1. The van der Waals surface area contributed by atoms with Crippen molar-refractivity contribution in [2.45, 2.75) is 19.9 Å². The molecule has 2 aromatic carbocycles. The third-order valence-electron chi connectivity index (χ3n) is 5.91. The van der Waals surface area contributed by atoms with Crippen LogP contribution in [0.15, 0.2) is 42.5 Å². The zero-order valence-electron chi connectivity index (χ0n) is 18.8. The molecular weight excluding hydrogens is 392 g/mol. The van der Waals surface area contributed by atoms with E-state index in [2.05, 4.69) is 27.5 Å². The molecule has 3 rings (SSSR count). The molecule has 166 valence electrons. The van der Waals surface area contributed by atoms with Gasteiger partial charge in [-0.25, -0.2) is 0 Å². The number of nitrogens with one attached hydrogen (secondary N) is 2. The van der Waals surface area contributed by atoms with Gasteiger partial charge in [0, 0.05) is 38.4 Å². The van der Waals surface area contributed by atoms with E-state index in [1.165, 1.54) is 0 Å². The highest BCUT2D eigenvalue weighted by molar-refractivity contribution is 6.39. The van der Waals surface area contributed by atoms with Crippen molar-refractivity contribution in [3.63, 3.8) is 0 Å². The lowest BCUT2D eigenvalue weighted by atomic mass is 10.0. The van der Waals surface area contributed by atoms with Gasteiger partial charge in [0.25, 0.3) is 0 Å². The maximum atomic E-state index is 12.5. The van der Waals surface area contributed by atoms with E-state index in [0.717, 1.165) is 48.6 Å². The first-order chi connectivity index (χ1) is 14.9. The van der Waals surface area contributed by atoms with E-state index < -0.39 is 11.8 Å². The number of ether oxygens (including phenoxy) is 1. The first-order valence-corrected chi connectivity index (χ1v) is 10.6. The number of amides is 2. The van der Waals surface area contributed by atoms with Gasteiger partial charge in [0.05, 0.1) is 13.2 Å². The van der Waals surface area contributed by atoms with Gasteiger partial charge >= 0.3 is 11.8 Å². The van der Waals surface area contributed by atoms with Crippen molar-refractivity contribution < 1.29 is 14.3 Å². The fraction of sp³-hybridized carbons (Fsp3) is 0.417. The van der Waals surface area contributed by atoms with Crippen LogP contribution < -0.4 is 15.4 Å². The summed E-state index contributed by atoms with van der Waals surface area (Å²) in [5, 5.41) is 5.51. The first kappa shape index (κ1) is 22.8. The van der Waals surface area contributed by atoms with Crippen LogP contribution in [0.5, 0.6) is 5.75 Å². The Bertz CT molecular complexity index is 906. The first-order valence-electron chi connectivity index (χ1n) is 10.6. The van der Waals surface area contributed by atoms with E-state index in [1.807, 2.05) is 50.2 Å². The summed E-state index contributed by atoms with van der Waals surface area (Å²) in [6.07, 6.45) is 0. The molecule has 2 N–H and O–H groups in total. The van der Waals surface area contributed by atoms with Crippen molar-refractivity contribution in [1.82, 2.24) is 15.1 Å². The van der Waals surface area contributed by atoms with Crippen molar-refractivity contribution in [1.29, 1.82) is 0 Å². The van der Waals surface area contributed by atoms with Gasteiger partial charge in [-0.1, -0.05) is 18.2 Å². The van der Waals surface area contributed by atoms with Crippen LogP contribution in [0.3, 0.4) is 0 Å². The average molecular weight is 425 g/mol. The number of aryl methyl sites for hydroxylation is 2. The Morgan fingerprint density at radius 2 is 1.65 bits per heavy atom. The van der Waals surface area contributed by atoms with E-state index in [-0.39, 0.29) is 6.04 Å². The molecule has 1 heterocycles. The number of hydrogen-bond acceptors (Lipinski definition) is 5. The molecule has 2 aromatic rings. The summed E-state index contributed by atoms with van der Waals surface area (Å²) < 4.78 is 5.27. The summed E-state index contributed by atoms with van der Waals surface area (Å²) in [5.74, 6) is -0.501. The van der Waals surface area contributed by atoms with Crippen LogP contribution in [0.25, 0.3) is 0 Å². The Labute approximate surface area is 184 Å². The molecule has 1 aliphatic heterocycles. The lowest BCUT2D eigenvalue weighted by Gasteiger charge is -2.38. The monoisotopic (exact) mass is 424 g/mol. The molecule has 7 heteroatoms. The maximum Gasteiger partial charge on any atom is 0.313 e. The summed E-state index contributed by atoms with van der Waals surface area (Å²) in [7, 11) is 3.75. The number of rotatable bonds is 6. The number of methoxy groups -OCH3 is 1. The highest BCUT2D eigenvalue weighted by atomic mass is 16.5. The fourth-order valence-corrected chi connectivity index (χ4v) is 3.69. The number of hydrogen-bond donors (Lipinski definition) is 2. The molecule has 1 saturated heterocycles. The van der Waals surface area contributed by atoms with Gasteiger partial charge in [0.15, 0.2) is 0 Å². The van der Waals surface area contributed by atoms with Crippen LogP contribution >= 0.6 is 0 Å². The summed E-state index contributed by atoms with van der Waals surface area (Å²) in [4.78, 5) is 29.5. The van der Waals surface area contributed by atoms with Gasteiger partial charge < -0.3 is 20.3 Å². The predicted octanol–water partition coefficient (Wildman–Crippen LogP) is 2.36. The Morgan fingerprint density at radius 1 is 0.968 bits per heavy atom. The van der Waals surface area contributed by atoms with Crippen LogP contribution in [-0.2, 0) is 9.59 Å². The van der Waals surface area contributed by atoms with Crippen LogP contribution in [0, 0.1) is 13.8 Å². The maximum absolute atomic E-state index is 12.5. The second kappa shape index (κ2) is 10.4. The van der Waals surface area contributed by atoms with Crippen molar-refractivity contribution >= 4 is 17.5 Å².